The first-order valence-electron chi connectivity index (χ1n) is 15.0. The van der Waals surface area contributed by atoms with Crippen molar-refractivity contribution in [3.8, 4) is 12.3 Å². The fraction of sp³-hybridized carbons (Fsp3) is 0.636. The van der Waals surface area contributed by atoms with E-state index < -0.39 is 23.5 Å². The average Bonchev–Trinajstić information content (AvgIpc) is 3.35. The number of esters is 1. The molecule has 2 N–H and O–H groups in total. The quantitative estimate of drug-likeness (QED) is 0.259. The van der Waals surface area contributed by atoms with Gasteiger partial charge in [-0.05, 0) is 36.2 Å². The van der Waals surface area contributed by atoms with Crippen molar-refractivity contribution in [3.63, 3.8) is 0 Å². The fourth-order valence-corrected chi connectivity index (χ4v) is 5.88. The average molecular weight is 581 g/mol. The van der Waals surface area contributed by atoms with Gasteiger partial charge in [-0.2, -0.15) is 0 Å². The van der Waals surface area contributed by atoms with E-state index in [1.165, 1.54) is 4.90 Å². The first kappa shape index (κ1) is 33.1. The summed E-state index contributed by atoms with van der Waals surface area (Å²) in [6.45, 7) is 14.9. The zero-order chi connectivity index (χ0) is 31.2. The number of nitrogens with one attached hydrogen (secondary N) is 2. The van der Waals surface area contributed by atoms with Gasteiger partial charge in [-0.25, -0.2) is 4.79 Å². The number of carbonyl (C=O) groups is 4. The van der Waals surface area contributed by atoms with Crippen LogP contribution in [0.5, 0.6) is 0 Å². The number of nitrogens with zero attached hydrogens (tertiary/aromatic N) is 2. The monoisotopic (exact) mass is 580 g/mol. The Balaban J connectivity index is 1.75. The number of likely N-dealkylation sites (tertiary alicyclic amines) is 2. The molecule has 1 aromatic carbocycles. The molecule has 1 aromatic rings. The van der Waals surface area contributed by atoms with Gasteiger partial charge < -0.3 is 15.4 Å². The molecule has 4 amide bonds. The lowest BCUT2D eigenvalue weighted by Gasteiger charge is -2.43. The second-order valence-electron chi connectivity index (χ2n) is 13.7. The lowest BCUT2D eigenvalue weighted by atomic mass is 9.81. The van der Waals surface area contributed by atoms with Gasteiger partial charge in [-0.15, -0.1) is 12.3 Å². The van der Waals surface area contributed by atoms with Crippen molar-refractivity contribution >= 4 is 23.8 Å². The van der Waals surface area contributed by atoms with Crippen molar-refractivity contribution in [1.82, 2.24) is 20.4 Å². The highest BCUT2D eigenvalue weighted by atomic mass is 16.5. The summed E-state index contributed by atoms with van der Waals surface area (Å²) in [5, 5.41) is 6.21. The van der Waals surface area contributed by atoms with Gasteiger partial charge in [-0.1, -0.05) is 71.9 Å². The summed E-state index contributed by atoms with van der Waals surface area (Å²) in [5.41, 5.74) is 0.105. The number of urea groups is 1. The Labute approximate surface area is 251 Å². The van der Waals surface area contributed by atoms with Gasteiger partial charge in [0.05, 0.1) is 12.1 Å². The number of hydrogen-bond donors (Lipinski definition) is 2. The van der Waals surface area contributed by atoms with Crippen LogP contribution >= 0.6 is 0 Å². The van der Waals surface area contributed by atoms with Crippen LogP contribution in [0.4, 0.5) is 4.79 Å². The number of benzene rings is 1. The van der Waals surface area contributed by atoms with Gasteiger partial charge in [0.15, 0.2) is 0 Å². The minimum absolute atomic E-state index is 0.121. The predicted molar refractivity (Wildman–Crippen MR) is 162 cm³/mol. The zero-order valence-corrected chi connectivity index (χ0v) is 26.2. The fourth-order valence-electron chi connectivity index (χ4n) is 5.88. The zero-order valence-electron chi connectivity index (χ0n) is 26.2. The Morgan fingerprint density at radius 2 is 1.64 bits per heavy atom. The molecule has 2 saturated heterocycles. The SMILES string of the molecule is C#C[C@H]1CCN(C(C)[C@@H](NC(=O)N[C@H](CN2C(=O)CCCC2=O)C(C)(C)C)C(C)(C)C)C1C(=O)OCc1ccccc1. The van der Waals surface area contributed by atoms with E-state index in [2.05, 4.69) is 21.5 Å². The van der Waals surface area contributed by atoms with Crippen LogP contribution in [-0.4, -0.2) is 70.9 Å². The maximum atomic E-state index is 13.5. The summed E-state index contributed by atoms with van der Waals surface area (Å²) >= 11 is 0. The van der Waals surface area contributed by atoms with E-state index in [1.54, 1.807) is 0 Å². The molecule has 0 aliphatic carbocycles. The van der Waals surface area contributed by atoms with Crippen LogP contribution in [0, 0.1) is 29.1 Å². The van der Waals surface area contributed by atoms with E-state index in [0.29, 0.717) is 32.2 Å². The molecular formula is C33H48N4O5. The van der Waals surface area contributed by atoms with Crippen LogP contribution in [0.3, 0.4) is 0 Å². The molecule has 0 aromatic heterocycles. The van der Waals surface area contributed by atoms with Crippen molar-refractivity contribution < 1.29 is 23.9 Å². The number of amides is 4. The van der Waals surface area contributed by atoms with Crippen molar-refractivity contribution in [2.45, 2.75) is 105 Å². The van der Waals surface area contributed by atoms with Crippen LogP contribution < -0.4 is 10.6 Å². The molecule has 5 atom stereocenters. The molecule has 9 heteroatoms. The summed E-state index contributed by atoms with van der Waals surface area (Å²) in [5.74, 6) is 1.71. The molecule has 2 aliphatic rings. The van der Waals surface area contributed by atoms with Gasteiger partial charge in [0.1, 0.15) is 12.6 Å². The first-order chi connectivity index (χ1) is 19.6. The van der Waals surface area contributed by atoms with Crippen LogP contribution in [0.1, 0.15) is 79.7 Å². The smallest absolute Gasteiger partial charge is 0.324 e. The Bertz CT molecular complexity index is 1150. The number of hydrogen-bond acceptors (Lipinski definition) is 6. The normalized spacial score (nSPS) is 22.2. The summed E-state index contributed by atoms with van der Waals surface area (Å²) in [4.78, 5) is 55.2. The summed E-state index contributed by atoms with van der Waals surface area (Å²) in [6, 6.07) is 7.42. The Morgan fingerprint density at radius 3 is 2.19 bits per heavy atom. The third-order valence-electron chi connectivity index (χ3n) is 8.44. The number of terminal acetylenes is 1. The minimum atomic E-state index is -0.623. The lowest BCUT2D eigenvalue weighted by molar-refractivity contribution is -0.152. The van der Waals surface area contributed by atoms with Gasteiger partial charge in [0.25, 0.3) is 0 Å². The second kappa shape index (κ2) is 13.7. The molecule has 0 bridgehead atoms. The van der Waals surface area contributed by atoms with Crippen molar-refractivity contribution in [2.24, 2.45) is 16.7 Å². The minimum Gasteiger partial charge on any atom is -0.460 e. The standard InChI is InChI=1S/C33H48N4O5/c1-9-24-18-19-36(28(24)30(40)42-21-23-14-11-10-12-15-23)22(2)29(33(6,7)8)35-31(41)34-25(32(3,4)5)20-37-26(38)16-13-17-27(37)39/h1,10-12,14-15,22,24-25,28-29H,13,16-21H2,2-8H3,(H2,34,35,41)/t22?,24-,25+,28?,29+/m0/s1. The number of carbonyl (C=O) groups excluding carboxylic acids is 4. The van der Waals surface area contributed by atoms with E-state index >= 15 is 0 Å². The summed E-state index contributed by atoms with van der Waals surface area (Å²) < 4.78 is 5.72. The molecule has 0 radical (unpaired) electrons. The van der Waals surface area contributed by atoms with E-state index in [9.17, 15) is 19.2 Å². The van der Waals surface area contributed by atoms with Crippen molar-refractivity contribution in [3.05, 3.63) is 35.9 Å². The molecule has 0 saturated carbocycles. The van der Waals surface area contributed by atoms with Gasteiger partial charge in [-0.3, -0.25) is 24.2 Å². The van der Waals surface area contributed by atoms with E-state index in [1.807, 2.05) is 78.8 Å². The maximum absolute atomic E-state index is 13.5. The van der Waals surface area contributed by atoms with Crippen LogP contribution in [-0.2, 0) is 25.7 Å². The van der Waals surface area contributed by atoms with Crippen LogP contribution in [0.25, 0.3) is 0 Å². The molecule has 230 valence electrons. The second-order valence-corrected chi connectivity index (χ2v) is 13.7. The van der Waals surface area contributed by atoms with Crippen molar-refractivity contribution in [1.29, 1.82) is 0 Å². The third kappa shape index (κ3) is 8.34. The highest BCUT2D eigenvalue weighted by molar-refractivity contribution is 5.97. The molecule has 2 aliphatic heterocycles. The van der Waals surface area contributed by atoms with Crippen LogP contribution in [0.15, 0.2) is 30.3 Å². The van der Waals surface area contributed by atoms with E-state index in [-0.39, 0.29) is 54.4 Å². The number of ether oxygens (including phenoxy) is 1. The lowest BCUT2D eigenvalue weighted by Crippen LogP contribution is -2.62. The van der Waals surface area contributed by atoms with Crippen LogP contribution in [0.2, 0.25) is 0 Å². The molecule has 2 fully saturated rings. The van der Waals surface area contributed by atoms with E-state index in [4.69, 9.17) is 11.2 Å². The summed E-state index contributed by atoms with van der Waals surface area (Å²) in [7, 11) is 0. The molecule has 3 rings (SSSR count). The topological polar surface area (TPSA) is 108 Å². The van der Waals surface area contributed by atoms with E-state index in [0.717, 1.165) is 5.56 Å². The maximum Gasteiger partial charge on any atom is 0.324 e. The molecule has 0 spiro atoms. The molecule has 42 heavy (non-hydrogen) atoms. The molecule has 2 heterocycles. The summed E-state index contributed by atoms with van der Waals surface area (Å²) in [6.07, 6.45) is 7.73. The van der Waals surface area contributed by atoms with Gasteiger partial charge in [0.2, 0.25) is 11.8 Å². The number of piperidine rings is 1. The Kier molecular flexibility index (Phi) is 10.8. The number of rotatable bonds is 9. The molecular weight excluding hydrogens is 532 g/mol. The molecule has 2 unspecified atom stereocenters. The predicted octanol–water partition coefficient (Wildman–Crippen LogP) is 4.11. The number of imide groups is 1. The van der Waals surface area contributed by atoms with Gasteiger partial charge in [0, 0.05) is 37.9 Å². The van der Waals surface area contributed by atoms with Crippen molar-refractivity contribution in [2.75, 3.05) is 13.1 Å². The Morgan fingerprint density at radius 1 is 1.02 bits per heavy atom. The molecule has 9 nitrogen and oxygen atoms in total. The highest BCUT2D eigenvalue weighted by Crippen LogP contribution is 2.33. The van der Waals surface area contributed by atoms with Gasteiger partial charge >= 0.3 is 12.0 Å². The first-order valence-corrected chi connectivity index (χ1v) is 15.0. The largest absolute Gasteiger partial charge is 0.460 e. The Hall–Kier alpha value is -3.38. The highest BCUT2D eigenvalue weighted by Gasteiger charge is 2.46. The third-order valence-corrected chi connectivity index (χ3v) is 8.44.